The molecule has 0 unspecified atom stereocenters. The molecule has 8 heteroatoms. The average molecular weight is 393 g/mol. The third kappa shape index (κ3) is 3.85. The van der Waals surface area contributed by atoms with E-state index >= 15 is 0 Å². The van der Waals surface area contributed by atoms with Gasteiger partial charge >= 0.3 is 5.97 Å². The van der Waals surface area contributed by atoms with Crippen molar-refractivity contribution in [2.45, 2.75) is 39.3 Å². The quantitative estimate of drug-likeness (QED) is 0.724. The van der Waals surface area contributed by atoms with Crippen molar-refractivity contribution >= 4 is 32.7 Å². The molecule has 1 amide bonds. The van der Waals surface area contributed by atoms with Crippen LogP contribution in [0.5, 0.6) is 0 Å². The summed E-state index contributed by atoms with van der Waals surface area (Å²) in [6.07, 6.45) is -0.626. The highest BCUT2D eigenvalue weighted by molar-refractivity contribution is 7.91. The molecule has 0 bridgehead atoms. The summed E-state index contributed by atoms with van der Waals surface area (Å²) in [5, 5.41) is 0.815. The summed E-state index contributed by atoms with van der Waals surface area (Å²) in [5.41, 5.74) is 1.23. The monoisotopic (exact) mass is 393 g/mol. The number of esters is 1. The summed E-state index contributed by atoms with van der Waals surface area (Å²) in [5.74, 6) is -1.01. The van der Waals surface area contributed by atoms with Gasteiger partial charge in [0.05, 0.1) is 11.5 Å². The maximum Gasteiger partial charge on any atom is 0.375 e. The number of ether oxygens (including phenoxy) is 1. The highest BCUT2D eigenvalue weighted by Crippen LogP contribution is 2.26. The third-order valence-corrected chi connectivity index (χ3v) is 6.68. The number of aryl methyl sites for hydroxylation is 1. The summed E-state index contributed by atoms with van der Waals surface area (Å²) < 4.78 is 34.3. The first kappa shape index (κ1) is 19.4. The molecule has 2 atom stereocenters. The number of rotatable bonds is 5. The molecule has 1 aromatic carbocycles. The van der Waals surface area contributed by atoms with Crippen LogP contribution in [-0.4, -0.2) is 55.4 Å². The second-order valence-electron chi connectivity index (χ2n) is 6.78. The van der Waals surface area contributed by atoms with Gasteiger partial charge in [-0.3, -0.25) is 4.79 Å². The van der Waals surface area contributed by atoms with Crippen LogP contribution in [0.1, 0.15) is 36.4 Å². The van der Waals surface area contributed by atoms with Gasteiger partial charge in [-0.2, -0.15) is 0 Å². The predicted molar refractivity (Wildman–Crippen MR) is 100 cm³/mol. The molecule has 146 valence electrons. The molecule has 0 N–H and O–H groups in total. The molecule has 1 aliphatic heterocycles. The van der Waals surface area contributed by atoms with Crippen molar-refractivity contribution in [3.63, 3.8) is 0 Å². The fourth-order valence-corrected chi connectivity index (χ4v) is 5.21. The van der Waals surface area contributed by atoms with E-state index in [1.54, 1.807) is 26.0 Å². The largest absolute Gasteiger partial charge is 0.449 e. The summed E-state index contributed by atoms with van der Waals surface area (Å²) in [6.45, 7) is 5.38. The first-order valence-corrected chi connectivity index (χ1v) is 10.8. The smallest absolute Gasteiger partial charge is 0.375 e. The molecule has 3 rings (SSSR count). The number of sulfone groups is 1. The highest BCUT2D eigenvalue weighted by atomic mass is 32.2. The topological polar surface area (TPSA) is 93.9 Å². The molecule has 1 aliphatic rings. The van der Waals surface area contributed by atoms with Crippen molar-refractivity contribution in [2.24, 2.45) is 0 Å². The van der Waals surface area contributed by atoms with Gasteiger partial charge in [-0.25, -0.2) is 13.2 Å². The molecular weight excluding hydrogens is 370 g/mol. The molecule has 0 aliphatic carbocycles. The van der Waals surface area contributed by atoms with Crippen molar-refractivity contribution in [3.8, 4) is 0 Å². The second kappa shape index (κ2) is 7.34. The maximum atomic E-state index is 12.7. The fourth-order valence-electron chi connectivity index (χ4n) is 3.48. The van der Waals surface area contributed by atoms with Gasteiger partial charge in [0, 0.05) is 23.5 Å². The van der Waals surface area contributed by atoms with Crippen LogP contribution >= 0.6 is 0 Å². The Morgan fingerprint density at radius 1 is 1.33 bits per heavy atom. The molecule has 27 heavy (non-hydrogen) atoms. The first-order valence-electron chi connectivity index (χ1n) is 8.93. The zero-order valence-corrected chi connectivity index (χ0v) is 16.4. The molecule has 2 aromatic rings. The van der Waals surface area contributed by atoms with Gasteiger partial charge in [0.2, 0.25) is 5.76 Å². The number of nitrogens with zero attached hydrogens (tertiary/aromatic N) is 1. The summed E-state index contributed by atoms with van der Waals surface area (Å²) in [6, 6.07) is 6.88. The number of carbonyl (C=O) groups excluding carboxylic acids is 2. The van der Waals surface area contributed by atoms with Crippen molar-refractivity contribution < 1.29 is 27.2 Å². The molecule has 1 saturated heterocycles. The van der Waals surface area contributed by atoms with Crippen LogP contribution in [0.2, 0.25) is 0 Å². The number of hydrogen-bond donors (Lipinski definition) is 0. The number of benzene rings is 1. The first-order chi connectivity index (χ1) is 12.7. The van der Waals surface area contributed by atoms with Gasteiger partial charge in [0.1, 0.15) is 5.58 Å². The Morgan fingerprint density at radius 2 is 2.04 bits per heavy atom. The number of hydrogen-bond acceptors (Lipinski definition) is 6. The molecule has 1 fully saturated rings. The lowest BCUT2D eigenvalue weighted by molar-refractivity contribution is -0.141. The Hall–Kier alpha value is -2.35. The van der Waals surface area contributed by atoms with E-state index in [4.69, 9.17) is 9.15 Å². The Bertz CT molecular complexity index is 977. The number of para-hydroxylation sites is 1. The standard InChI is InChI=1S/C19H23NO6S/c1-4-20(14-9-10-27(23,24)11-14)18(21)13(3)25-19(22)17-12(2)15-7-5-6-8-16(15)26-17/h5-8,13-14H,4,9-11H2,1-3H3/t13-,14-/m0/s1. The average Bonchev–Trinajstić information content (AvgIpc) is 3.15. The number of likely N-dealkylation sites (N-methyl/N-ethyl adjacent to an activating group) is 1. The van der Waals surface area contributed by atoms with E-state index in [2.05, 4.69) is 0 Å². The van der Waals surface area contributed by atoms with E-state index in [-0.39, 0.29) is 23.3 Å². The SMILES string of the molecule is CCN(C(=O)[C@H](C)OC(=O)c1oc2ccccc2c1C)[C@H]1CCS(=O)(=O)C1. The molecule has 0 spiro atoms. The van der Waals surface area contributed by atoms with Gasteiger partial charge < -0.3 is 14.1 Å². The minimum absolute atomic E-state index is 0.0457. The van der Waals surface area contributed by atoms with Crippen molar-refractivity contribution in [1.82, 2.24) is 4.90 Å². The Morgan fingerprint density at radius 3 is 2.63 bits per heavy atom. The fraction of sp³-hybridized carbons (Fsp3) is 0.474. The molecule has 0 saturated carbocycles. The van der Waals surface area contributed by atoms with Crippen LogP contribution in [0.25, 0.3) is 11.0 Å². The lowest BCUT2D eigenvalue weighted by Gasteiger charge is -2.29. The van der Waals surface area contributed by atoms with E-state index < -0.39 is 27.8 Å². The molecule has 2 heterocycles. The summed E-state index contributed by atoms with van der Waals surface area (Å²) >= 11 is 0. The van der Waals surface area contributed by atoms with Gasteiger partial charge in [-0.05, 0) is 33.3 Å². The minimum atomic E-state index is -3.11. The van der Waals surface area contributed by atoms with Crippen LogP contribution in [0.4, 0.5) is 0 Å². The van der Waals surface area contributed by atoms with Gasteiger partial charge in [-0.15, -0.1) is 0 Å². The van der Waals surface area contributed by atoms with Crippen LogP contribution in [0.15, 0.2) is 28.7 Å². The zero-order valence-electron chi connectivity index (χ0n) is 15.6. The van der Waals surface area contributed by atoms with Crippen LogP contribution in [0, 0.1) is 6.92 Å². The van der Waals surface area contributed by atoms with Gasteiger partial charge in [-0.1, -0.05) is 18.2 Å². The Labute approximate surface area is 158 Å². The van der Waals surface area contributed by atoms with Gasteiger partial charge in [0.25, 0.3) is 5.91 Å². The van der Waals surface area contributed by atoms with Crippen molar-refractivity contribution in [2.75, 3.05) is 18.1 Å². The highest BCUT2D eigenvalue weighted by Gasteiger charge is 2.36. The number of furan rings is 1. The van der Waals surface area contributed by atoms with E-state index in [0.717, 1.165) is 5.39 Å². The minimum Gasteiger partial charge on any atom is -0.449 e. The lowest BCUT2D eigenvalue weighted by Crippen LogP contribution is -2.46. The Balaban J connectivity index is 1.73. The molecule has 1 aromatic heterocycles. The van der Waals surface area contributed by atoms with Crippen LogP contribution in [-0.2, 0) is 19.4 Å². The van der Waals surface area contributed by atoms with E-state index in [1.165, 1.54) is 11.8 Å². The van der Waals surface area contributed by atoms with E-state index in [9.17, 15) is 18.0 Å². The number of amides is 1. The predicted octanol–water partition coefficient (Wildman–Crippen LogP) is 2.32. The van der Waals surface area contributed by atoms with E-state index in [0.29, 0.717) is 24.1 Å². The zero-order chi connectivity index (χ0) is 19.8. The van der Waals surface area contributed by atoms with Crippen molar-refractivity contribution in [3.05, 3.63) is 35.6 Å². The Kier molecular flexibility index (Phi) is 5.28. The summed E-state index contributed by atoms with van der Waals surface area (Å²) in [4.78, 5) is 26.7. The normalized spacial score (nSPS) is 19.7. The van der Waals surface area contributed by atoms with Crippen LogP contribution in [0.3, 0.4) is 0 Å². The third-order valence-electron chi connectivity index (χ3n) is 4.93. The molecular formula is C19H23NO6S. The van der Waals surface area contributed by atoms with Crippen molar-refractivity contribution in [1.29, 1.82) is 0 Å². The number of carbonyl (C=O) groups is 2. The maximum absolute atomic E-state index is 12.7. The summed E-state index contributed by atoms with van der Waals surface area (Å²) in [7, 11) is -3.11. The lowest BCUT2D eigenvalue weighted by atomic mass is 10.1. The number of fused-ring (bicyclic) bond motifs is 1. The molecule has 0 radical (unpaired) electrons. The molecule has 7 nitrogen and oxygen atoms in total. The van der Waals surface area contributed by atoms with E-state index in [1.807, 2.05) is 12.1 Å². The van der Waals surface area contributed by atoms with Gasteiger partial charge in [0.15, 0.2) is 15.9 Å². The second-order valence-corrected chi connectivity index (χ2v) is 9.01. The van der Waals surface area contributed by atoms with Crippen LogP contribution < -0.4 is 0 Å².